The van der Waals surface area contributed by atoms with E-state index in [1.165, 1.54) is 24.3 Å². The van der Waals surface area contributed by atoms with Gasteiger partial charge in [-0.2, -0.15) is 0 Å². The van der Waals surface area contributed by atoms with Crippen LogP contribution in [0.3, 0.4) is 0 Å². The Morgan fingerprint density at radius 1 is 0.971 bits per heavy atom. The molecule has 2 heterocycles. The van der Waals surface area contributed by atoms with Crippen molar-refractivity contribution >= 4 is 31.4 Å². The van der Waals surface area contributed by atoms with Crippen molar-refractivity contribution in [3.8, 4) is 5.88 Å². The van der Waals surface area contributed by atoms with Crippen LogP contribution >= 0.6 is 0 Å². The molecule has 11 heteroatoms. The van der Waals surface area contributed by atoms with Gasteiger partial charge in [0.15, 0.2) is 0 Å². The minimum absolute atomic E-state index is 0.0362. The molecule has 1 fully saturated rings. The number of ether oxygens (including phenoxy) is 1. The number of hydrogen-bond acceptors (Lipinski definition) is 7. The van der Waals surface area contributed by atoms with E-state index in [9.17, 15) is 16.8 Å². The lowest BCUT2D eigenvalue weighted by atomic mass is 10.1. The summed E-state index contributed by atoms with van der Waals surface area (Å²) in [6.45, 7) is 3.27. The Kier molecular flexibility index (Phi) is 6.78. The van der Waals surface area contributed by atoms with E-state index in [4.69, 9.17) is 9.88 Å². The zero-order valence-electron chi connectivity index (χ0n) is 18.6. The molecule has 2 aromatic carbocycles. The predicted octanol–water partition coefficient (Wildman–Crippen LogP) is 2.89. The normalized spacial score (nSPS) is 15.2. The number of hydrogen-bond donors (Lipinski definition) is 2. The van der Waals surface area contributed by atoms with Gasteiger partial charge in [0.25, 0.3) is 10.0 Å². The molecule has 0 spiro atoms. The molecule has 1 aliphatic heterocycles. The number of aromatic nitrogens is 1. The molecule has 3 N–H and O–H groups in total. The molecule has 4 rings (SSSR count). The van der Waals surface area contributed by atoms with Crippen LogP contribution in [0.25, 0.3) is 0 Å². The summed E-state index contributed by atoms with van der Waals surface area (Å²) in [5.74, 6) is 0.596. The maximum atomic E-state index is 13.0. The lowest BCUT2D eigenvalue weighted by Crippen LogP contribution is -2.38. The lowest BCUT2D eigenvalue weighted by molar-refractivity contribution is 0.164. The number of piperidine rings is 1. The van der Waals surface area contributed by atoms with Crippen LogP contribution in [0.1, 0.15) is 18.4 Å². The third-order valence-electron chi connectivity index (χ3n) is 5.57. The topological polar surface area (TPSA) is 132 Å². The van der Waals surface area contributed by atoms with Crippen LogP contribution in [-0.2, 0) is 20.0 Å². The number of rotatable bonds is 7. The van der Waals surface area contributed by atoms with E-state index < -0.39 is 20.0 Å². The fourth-order valence-electron chi connectivity index (χ4n) is 3.82. The average Bonchev–Trinajstić information content (AvgIpc) is 2.80. The molecule has 0 bridgehead atoms. The zero-order chi connectivity index (χ0) is 24.3. The summed E-state index contributed by atoms with van der Waals surface area (Å²) in [6, 6.07) is 15.9. The summed E-state index contributed by atoms with van der Waals surface area (Å²) in [4.78, 5) is 6.12. The van der Waals surface area contributed by atoms with Crippen molar-refractivity contribution in [3.63, 3.8) is 0 Å². The maximum Gasteiger partial charge on any atom is 0.261 e. The first-order valence-corrected chi connectivity index (χ1v) is 13.7. The van der Waals surface area contributed by atoms with Crippen LogP contribution in [0.4, 0.5) is 11.4 Å². The third kappa shape index (κ3) is 5.66. The lowest BCUT2D eigenvalue weighted by Gasteiger charge is -2.34. The highest BCUT2D eigenvalue weighted by molar-refractivity contribution is 7.92. The Balaban J connectivity index is 1.50. The number of nitrogens with zero attached hydrogens (tertiary/aromatic N) is 2. The first-order chi connectivity index (χ1) is 16.1. The van der Waals surface area contributed by atoms with Gasteiger partial charge in [-0.05, 0) is 55.0 Å². The van der Waals surface area contributed by atoms with E-state index in [1.54, 1.807) is 12.3 Å². The van der Waals surface area contributed by atoms with Gasteiger partial charge in [0.1, 0.15) is 6.10 Å². The molecule has 0 unspecified atom stereocenters. The quantitative estimate of drug-likeness (QED) is 0.508. The Labute approximate surface area is 199 Å². The summed E-state index contributed by atoms with van der Waals surface area (Å²) in [6.07, 6.45) is 3.27. The van der Waals surface area contributed by atoms with E-state index >= 15 is 0 Å². The fourth-order valence-corrected chi connectivity index (χ4v) is 5.40. The number of nitrogens with two attached hydrogens (primary N) is 1. The molecular formula is C23H26N4O5S2. The third-order valence-corrected chi connectivity index (χ3v) is 7.88. The molecule has 1 aromatic heterocycles. The highest BCUT2D eigenvalue weighted by atomic mass is 32.2. The molecule has 1 saturated heterocycles. The molecule has 9 nitrogen and oxygen atoms in total. The van der Waals surface area contributed by atoms with Gasteiger partial charge in [0, 0.05) is 38.2 Å². The van der Waals surface area contributed by atoms with Crippen LogP contribution in [0.5, 0.6) is 5.88 Å². The SMILES string of the molecule is Cc1ccc(N2CCC(Oc3ccccn3)CC2)c(NS(=O)(=O)c2ccc(S(N)(=O)=O)cc2)c1. The molecule has 0 saturated carbocycles. The summed E-state index contributed by atoms with van der Waals surface area (Å²) in [5, 5.41) is 5.10. The molecule has 180 valence electrons. The minimum Gasteiger partial charge on any atom is -0.474 e. The minimum atomic E-state index is -3.95. The van der Waals surface area contributed by atoms with Gasteiger partial charge < -0.3 is 9.64 Å². The van der Waals surface area contributed by atoms with Crippen molar-refractivity contribution in [1.82, 2.24) is 4.98 Å². The number of nitrogens with one attached hydrogen (secondary N) is 1. The molecule has 0 aliphatic carbocycles. The molecule has 0 atom stereocenters. The van der Waals surface area contributed by atoms with Gasteiger partial charge in [-0.3, -0.25) is 4.72 Å². The van der Waals surface area contributed by atoms with Crippen molar-refractivity contribution in [2.45, 2.75) is 35.7 Å². The number of pyridine rings is 1. The van der Waals surface area contributed by atoms with Crippen LogP contribution in [0, 0.1) is 6.92 Å². The number of aryl methyl sites for hydroxylation is 1. The van der Waals surface area contributed by atoms with Crippen molar-refractivity contribution in [3.05, 3.63) is 72.4 Å². The molecule has 1 aliphatic rings. The Bertz CT molecular complexity index is 1350. The van der Waals surface area contributed by atoms with Gasteiger partial charge in [-0.1, -0.05) is 12.1 Å². The second-order valence-electron chi connectivity index (χ2n) is 8.11. The van der Waals surface area contributed by atoms with Gasteiger partial charge in [-0.25, -0.2) is 27.0 Å². The largest absolute Gasteiger partial charge is 0.474 e. The Morgan fingerprint density at radius 3 is 2.26 bits per heavy atom. The van der Waals surface area contributed by atoms with Gasteiger partial charge in [-0.15, -0.1) is 0 Å². The zero-order valence-corrected chi connectivity index (χ0v) is 20.2. The predicted molar refractivity (Wildman–Crippen MR) is 130 cm³/mol. The second-order valence-corrected chi connectivity index (χ2v) is 11.4. The van der Waals surface area contributed by atoms with Crippen molar-refractivity contribution in [2.75, 3.05) is 22.7 Å². The summed E-state index contributed by atoms with van der Waals surface area (Å²) >= 11 is 0. The molecule has 0 radical (unpaired) electrons. The number of primary sulfonamides is 1. The number of sulfonamides is 2. The van der Waals surface area contributed by atoms with Crippen LogP contribution < -0.4 is 19.5 Å². The van der Waals surface area contributed by atoms with Crippen LogP contribution in [0.2, 0.25) is 0 Å². The van der Waals surface area contributed by atoms with E-state index in [0.29, 0.717) is 24.7 Å². The van der Waals surface area contributed by atoms with E-state index in [1.807, 2.05) is 37.3 Å². The van der Waals surface area contributed by atoms with Crippen LogP contribution in [-0.4, -0.2) is 41.0 Å². The van der Waals surface area contributed by atoms with E-state index in [0.717, 1.165) is 24.1 Å². The molecule has 3 aromatic rings. The smallest absolute Gasteiger partial charge is 0.261 e. The van der Waals surface area contributed by atoms with Crippen LogP contribution in [0.15, 0.2) is 76.7 Å². The average molecular weight is 503 g/mol. The first kappa shape index (κ1) is 24.0. The summed E-state index contributed by atoms with van der Waals surface area (Å²) < 4.78 is 57.6. The first-order valence-electron chi connectivity index (χ1n) is 10.7. The summed E-state index contributed by atoms with van der Waals surface area (Å²) in [7, 11) is -7.86. The molecule has 0 amide bonds. The molecule has 34 heavy (non-hydrogen) atoms. The monoisotopic (exact) mass is 502 g/mol. The maximum absolute atomic E-state index is 13.0. The molecular weight excluding hydrogens is 476 g/mol. The number of benzene rings is 2. The van der Waals surface area contributed by atoms with Crippen molar-refractivity contribution < 1.29 is 21.6 Å². The second kappa shape index (κ2) is 9.61. The highest BCUT2D eigenvalue weighted by Gasteiger charge is 2.24. The van der Waals surface area contributed by atoms with Gasteiger partial charge >= 0.3 is 0 Å². The fraction of sp³-hybridized carbons (Fsp3) is 0.261. The Morgan fingerprint density at radius 2 is 1.65 bits per heavy atom. The number of anilines is 2. The van der Waals surface area contributed by atoms with Crippen molar-refractivity contribution in [2.24, 2.45) is 5.14 Å². The van der Waals surface area contributed by atoms with Gasteiger partial charge in [0.05, 0.1) is 21.2 Å². The summed E-state index contributed by atoms with van der Waals surface area (Å²) in [5.41, 5.74) is 2.13. The standard InChI is InChI=1S/C23H26N4O5S2/c1-17-5-10-22(27-14-11-18(12-15-27)32-23-4-2-3-13-25-23)21(16-17)26-34(30,31)20-8-6-19(7-9-20)33(24,28)29/h2-10,13,16,18,26H,11-12,14-15H2,1H3,(H2,24,28,29). The van der Waals surface area contributed by atoms with Crippen molar-refractivity contribution in [1.29, 1.82) is 0 Å². The highest BCUT2D eigenvalue weighted by Crippen LogP contribution is 2.32. The van der Waals surface area contributed by atoms with E-state index in [2.05, 4.69) is 14.6 Å². The Hall–Kier alpha value is -3.15. The van der Waals surface area contributed by atoms with E-state index in [-0.39, 0.29) is 15.9 Å². The van der Waals surface area contributed by atoms with Gasteiger partial charge in [0.2, 0.25) is 15.9 Å².